The predicted molar refractivity (Wildman–Crippen MR) is 110 cm³/mol. The minimum atomic E-state index is -4.61. The number of pyridine rings is 2. The average Bonchev–Trinajstić information content (AvgIpc) is 3.16. The zero-order chi connectivity index (χ0) is 22.9. The van der Waals surface area contributed by atoms with Crippen molar-refractivity contribution in [3.8, 4) is 17.1 Å². The fraction of sp³-hybridized carbons (Fsp3) is 0.364. The maximum atomic E-state index is 13.0. The number of carbonyl (C=O) groups excluding carboxylic acids is 1. The second-order valence-corrected chi connectivity index (χ2v) is 7.54. The number of nitrogens with zero attached hydrogens (tertiary/aromatic N) is 4. The van der Waals surface area contributed by atoms with Crippen LogP contribution in [0.1, 0.15) is 53.1 Å². The quantitative estimate of drug-likeness (QED) is 0.640. The molecule has 3 aromatic heterocycles. The minimum absolute atomic E-state index is 0.144. The van der Waals surface area contributed by atoms with Gasteiger partial charge >= 0.3 is 6.18 Å². The maximum absolute atomic E-state index is 13.0. The van der Waals surface area contributed by atoms with Crippen LogP contribution >= 0.6 is 0 Å². The van der Waals surface area contributed by atoms with Crippen LogP contribution in [0.5, 0.6) is 5.88 Å². The Hall–Kier alpha value is -3.43. The first-order valence-electron chi connectivity index (χ1n) is 10.3. The number of ether oxygens (including phenoxy) is 1. The Balaban J connectivity index is 1.61. The Bertz CT molecular complexity index is 1140. The van der Waals surface area contributed by atoms with E-state index in [0.29, 0.717) is 24.6 Å². The molecule has 0 bridgehead atoms. The van der Waals surface area contributed by atoms with Crippen LogP contribution in [0.4, 0.5) is 13.2 Å². The summed E-state index contributed by atoms with van der Waals surface area (Å²) in [5, 5.41) is 6.30. The predicted octanol–water partition coefficient (Wildman–Crippen LogP) is 4.10. The lowest BCUT2D eigenvalue weighted by atomic mass is 9.88. The van der Waals surface area contributed by atoms with Crippen LogP contribution in [0, 0.1) is 0 Å². The molecule has 1 aliphatic rings. The summed E-state index contributed by atoms with van der Waals surface area (Å²) in [6.07, 6.45) is 1.14. The van der Waals surface area contributed by atoms with E-state index in [0.717, 1.165) is 40.3 Å². The number of carbonyl (C=O) groups is 1. The molecule has 1 N–H and O–H groups in total. The van der Waals surface area contributed by atoms with Gasteiger partial charge in [0, 0.05) is 37.1 Å². The number of amides is 1. The number of aromatic nitrogens is 4. The van der Waals surface area contributed by atoms with Gasteiger partial charge in [-0.1, -0.05) is 0 Å². The molecule has 3 heterocycles. The first-order valence-corrected chi connectivity index (χ1v) is 10.3. The first kappa shape index (κ1) is 21.8. The van der Waals surface area contributed by atoms with Gasteiger partial charge in [0.15, 0.2) is 5.69 Å². The van der Waals surface area contributed by atoms with E-state index in [9.17, 15) is 18.0 Å². The summed E-state index contributed by atoms with van der Waals surface area (Å²) in [6.45, 7) is 2.37. The molecule has 168 valence electrons. The van der Waals surface area contributed by atoms with Crippen molar-refractivity contribution in [1.82, 2.24) is 25.1 Å². The number of nitrogens with one attached hydrogen (secondary N) is 1. The van der Waals surface area contributed by atoms with Crippen molar-refractivity contribution < 1.29 is 22.7 Å². The Labute approximate surface area is 182 Å². The molecule has 0 fully saturated rings. The zero-order valence-corrected chi connectivity index (χ0v) is 17.6. The molecule has 0 aliphatic heterocycles. The molecule has 32 heavy (non-hydrogen) atoms. The Morgan fingerprint density at radius 3 is 2.81 bits per heavy atom. The minimum Gasteiger partial charge on any atom is -0.478 e. The Morgan fingerprint density at radius 1 is 1.28 bits per heavy atom. The average molecular weight is 445 g/mol. The highest BCUT2D eigenvalue weighted by Crippen LogP contribution is 2.33. The second kappa shape index (κ2) is 8.60. The topological polar surface area (TPSA) is 81.9 Å². The molecule has 0 spiro atoms. The van der Waals surface area contributed by atoms with Crippen LogP contribution in [0.25, 0.3) is 11.3 Å². The van der Waals surface area contributed by atoms with Gasteiger partial charge in [0.2, 0.25) is 5.88 Å². The number of fused-ring (bicyclic) bond motifs is 1. The Morgan fingerprint density at radius 2 is 2.09 bits per heavy atom. The maximum Gasteiger partial charge on any atom is 0.435 e. The fourth-order valence-electron chi connectivity index (χ4n) is 3.84. The van der Waals surface area contributed by atoms with Crippen molar-refractivity contribution >= 4 is 5.91 Å². The van der Waals surface area contributed by atoms with Gasteiger partial charge in [-0.15, -0.1) is 0 Å². The fourth-order valence-corrected chi connectivity index (χ4v) is 3.84. The van der Waals surface area contributed by atoms with Gasteiger partial charge in [0.05, 0.1) is 18.3 Å². The van der Waals surface area contributed by atoms with Gasteiger partial charge in [-0.2, -0.15) is 18.3 Å². The molecule has 10 heteroatoms. The van der Waals surface area contributed by atoms with Crippen LogP contribution in [0.2, 0.25) is 0 Å². The highest BCUT2D eigenvalue weighted by Gasteiger charge is 2.36. The lowest BCUT2D eigenvalue weighted by molar-refractivity contribution is -0.141. The summed E-state index contributed by atoms with van der Waals surface area (Å²) in [6, 6.07) is 5.95. The molecule has 7 nitrogen and oxygen atoms in total. The summed E-state index contributed by atoms with van der Waals surface area (Å²) in [4.78, 5) is 21.5. The van der Waals surface area contributed by atoms with E-state index in [1.807, 2.05) is 19.1 Å². The number of hydrogen-bond donors (Lipinski definition) is 1. The third-order valence-electron chi connectivity index (χ3n) is 5.37. The van der Waals surface area contributed by atoms with Crippen molar-refractivity contribution in [3.63, 3.8) is 0 Å². The van der Waals surface area contributed by atoms with Gasteiger partial charge in [0.1, 0.15) is 5.69 Å². The molecule has 3 aromatic rings. The molecule has 1 amide bonds. The summed E-state index contributed by atoms with van der Waals surface area (Å²) >= 11 is 0. The molecular formula is C22H22F3N5O2. The molecule has 0 radical (unpaired) electrons. The van der Waals surface area contributed by atoms with E-state index in [4.69, 9.17) is 4.74 Å². The lowest BCUT2D eigenvalue weighted by Gasteiger charge is -2.26. The van der Waals surface area contributed by atoms with E-state index < -0.39 is 17.8 Å². The van der Waals surface area contributed by atoms with Crippen molar-refractivity contribution in [3.05, 3.63) is 59.2 Å². The Kier molecular flexibility index (Phi) is 5.86. The van der Waals surface area contributed by atoms with Crippen molar-refractivity contribution in [2.24, 2.45) is 7.05 Å². The third-order valence-corrected chi connectivity index (χ3v) is 5.37. The number of aryl methyl sites for hydroxylation is 2. The van der Waals surface area contributed by atoms with Gasteiger partial charge in [-0.3, -0.25) is 14.5 Å². The summed E-state index contributed by atoms with van der Waals surface area (Å²) in [7, 11) is 1.32. The van der Waals surface area contributed by atoms with Crippen LogP contribution in [0.15, 0.2) is 36.7 Å². The van der Waals surface area contributed by atoms with Crippen molar-refractivity contribution in [2.75, 3.05) is 6.61 Å². The molecule has 1 aliphatic carbocycles. The highest BCUT2D eigenvalue weighted by atomic mass is 19.4. The third kappa shape index (κ3) is 4.44. The molecule has 0 unspecified atom stereocenters. The largest absolute Gasteiger partial charge is 0.478 e. The van der Waals surface area contributed by atoms with E-state index in [1.54, 1.807) is 18.5 Å². The molecule has 4 rings (SSSR count). The first-order chi connectivity index (χ1) is 15.3. The molecule has 0 saturated heterocycles. The van der Waals surface area contributed by atoms with Gasteiger partial charge in [-0.05, 0) is 49.4 Å². The highest BCUT2D eigenvalue weighted by molar-refractivity contribution is 5.93. The SMILES string of the molecule is CCOc1cc(-c2cc3c(cn2)CCC[C@@H]3NC(=O)c2cc(C(F)(F)F)nn2C)ccn1. The van der Waals surface area contributed by atoms with Gasteiger partial charge < -0.3 is 10.1 Å². The standard InChI is InChI=1S/C22H22F3N5O2/c1-3-32-20-9-13(7-8-26-20)17-10-15-14(12-27-17)5-4-6-16(15)28-21(31)18-11-19(22(23,24)25)29-30(18)2/h7-12,16H,3-6H2,1-2H3,(H,28,31)/t16-/m0/s1. The van der Waals surface area contributed by atoms with Crippen LogP contribution in [-0.2, 0) is 19.6 Å². The molecule has 1 atom stereocenters. The van der Waals surface area contributed by atoms with E-state index in [1.165, 1.54) is 7.05 Å². The number of halogens is 3. The number of hydrogen-bond acceptors (Lipinski definition) is 5. The molecular weight excluding hydrogens is 423 g/mol. The van der Waals surface area contributed by atoms with Gasteiger partial charge in [-0.25, -0.2) is 4.98 Å². The van der Waals surface area contributed by atoms with Crippen LogP contribution in [0.3, 0.4) is 0 Å². The van der Waals surface area contributed by atoms with Crippen molar-refractivity contribution in [2.45, 2.75) is 38.4 Å². The van der Waals surface area contributed by atoms with Crippen molar-refractivity contribution in [1.29, 1.82) is 0 Å². The second-order valence-electron chi connectivity index (χ2n) is 7.54. The van der Waals surface area contributed by atoms with E-state index in [2.05, 4.69) is 20.4 Å². The van der Waals surface area contributed by atoms with E-state index >= 15 is 0 Å². The smallest absolute Gasteiger partial charge is 0.435 e. The zero-order valence-electron chi connectivity index (χ0n) is 17.6. The summed E-state index contributed by atoms with van der Waals surface area (Å²) in [5.74, 6) is -0.111. The normalized spacial score (nSPS) is 15.8. The van der Waals surface area contributed by atoms with E-state index in [-0.39, 0.29) is 11.7 Å². The number of rotatable bonds is 5. The van der Waals surface area contributed by atoms with Crippen LogP contribution < -0.4 is 10.1 Å². The number of alkyl halides is 3. The molecule has 0 aromatic carbocycles. The van der Waals surface area contributed by atoms with Crippen LogP contribution in [-0.4, -0.2) is 32.3 Å². The summed E-state index contributed by atoms with van der Waals surface area (Å²) < 4.78 is 45.3. The van der Waals surface area contributed by atoms with Gasteiger partial charge in [0.25, 0.3) is 5.91 Å². The lowest BCUT2D eigenvalue weighted by Crippen LogP contribution is -2.32. The monoisotopic (exact) mass is 445 g/mol. The summed E-state index contributed by atoms with van der Waals surface area (Å²) in [5.41, 5.74) is 2.20. The molecule has 0 saturated carbocycles.